The molecule has 160 valence electrons. The number of carbonyl (C=O) groups is 1. The number of nitrogens with zero attached hydrogens (tertiary/aromatic N) is 3. The zero-order chi connectivity index (χ0) is 21.9. The third kappa shape index (κ3) is 3.99. The summed E-state index contributed by atoms with van der Waals surface area (Å²) in [5, 5.41) is 2.96. The van der Waals surface area contributed by atoms with E-state index in [1.807, 2.05) is 18.2 Å². The van der Waals surface area contributed by atoms with Gasteiger partial charge in [0.25, 0.3) is 5.56 Å². The van der Waals surface area contributed by atoms with Crippen LogP contribution in [0.1, 0.15) is 6.42 Å². The molecule has 1 aliphatic heterocycles. The van der Waals surface area contributed by atoms with Crippen LogP contribution in [-0.2, 0) is 11.3 Å². The van der Waals surface area contributed by atoms with Crippen molar-refractivity contribution in [3.63, 3.8) is 0 Å². The third-order valence-corrected chi connectivity index (χ3v) is 6.60. The minimum Gasteiger partial charge on any atom is -0.354 e. The fourth-order valence-corrected chi connectivity index (χ4v) is 5.06. The van der Waals surface area contributed by atoms with Crippen molar-refractivity contribution < 1.29 is 4.79 Å². The molecule has 0 fully saturated rings. The van der Waals surface area contributed by atoms with Gasteiger partial charge in [-0.3, -0.25) is 14.2 Å². The van der Waals surface area contributed by atoms with E-state index in [-0.39, 0.29) is 18.0 Å². The van der Waals surface area contributed by atoms with Gasteiger partial charge in [0.15, 0.2) is 0 Å². The molecule has 2 heterocycles. The zero-order valence-electron chi connectivity index (χ0n) is 17.4. The first-order valence-corrected chi connectivity index (χ1v) is 11.4. The minimum atomic E-state index is -0.280. The fourth-order valence-electron chi connectivity index (χ4n) is 3.96. The molecule has 0 unspecified atom stereocenters. The minimum absolute atomic E-state index is 0.0200. The number of hydrogen-bond acceptors (Lipinski definition) is 5. The molecular weight excluding hydrogens is 420 g/mol. The molecule has 0 spiro atoms. The normalized spacial score (nSPS) is 12.3. The standard InChI is InChI=1S/C25H22N4O2S/c30-24(17-29-19-9-2-1-8-18(19)27-16-25(29)31)26-14-7-15-28-20-10-3-5-12-22(20)32-23-13-6-4-11-21(23)28/h1-6,8-13,16H,7,14-15,17H2,(H,26,30). The summed E-state index contributed by atoms with van der Waals surface area (Å²) < 4.78 is 1.46. The summed E-state index contributed by atoms with van der Waals surface area (Å²) in [7, 11) is 0. The van der Waals surface area contributed by atoms with Crippen molar-refractivity contribution in [3.8, 4) is 0 Å². The van der Waals surface area contributed by atoms with Crippen LogP contribution in [0.4, 0.5) is 11.4 Å². The maximum atomic E-state index is 12.5. The molecule has 7 heteroatoms. The number of amides is 1. The number of para-hydroxylation sites is 4. The van der Waals surface area contributed by atoms with Gasteiger partial charge >= 0.3 is 0 Å². The Kier molecular flexibility index (Phi) is 5.64. The van der Waals surface area contributed by atoms with Gasteiger partial charge in [0.2, 0.25) is 5.91 Å². The van der Waals surface area contributed by atoms with Gasteiger partial charge in [-0.2, -0.15) is 0 Å². The molecule has 1 aromatic heterocycles. The second kappa shape index (κ2) is 8.88. The van der Waals surface area contributed by atoms with Crippen LogP contribution in [-0.4, -0.2) is 28.5 Å². The van der Waals surface area contributed by atoms with Gasteiger partial charge in [-0.05, 0) is 42.8 Å². The fraction of sp³-hybridized carbons (Fsp3) is 0.160. The molecular formula is C25H22N4O2S. The number of aromatic nitrogens is 2. The number of carbonyl (C=O) groups excluding carboxylic acids is 1. The number of fused-ring (bicyclic) bond motifs is 3. The molecule has 1 amide bonds. The lowest BCUT2D eigenvalue weighted by molar-refractivity contribution is -0.121. The summed E-state index contributed by atoms with van der Waals surface area (Å²) in [5.41, 5.74) is 3.46. The average molecular weight is 443 g/mol. The molecule has 0 atom stereocenters. The summed E-state index contributed by atoms with van der Waals surface area (Å²) >= 11 is 1.78. The molecule has 1 N–H and O–H groups in total. The van der Waals surface area contributed by atoms with Crippen molar-refractivity contribution >= 4 is 40.1 Å². The smallest absolute Gasteiger partial charge is 0.269 e. The Morgan fingerprint density at radius 1 is 0.906 bits per heavy atom. The second-order valence-corrected chi connectivity index (χ2v) is 8.65. The van der Waals surface area contributed by atoms with Crippen LogP contribution in [0.2, 0.25) is 0 Å². The van der Waals surface area contributed by atoms with Crippen LogP contribution in [0.5, 0.6) is 0 Å². The summed E-state index contributed by atoms with van der Waals surface area (Å²) in [6.45, 7) is 1.30. The lowest BCUT2D eigenvalue weighted by Gasteiger charge is -2.32. The average Bonchev–Trinajstić information content (AvgIpc) is 2.83. The highest BCUT2D eigenvalue weighted by atomic mass is 32.2. The van der Waals surface area contributed by atoms with E-state index >= 15 is 0 Å². The van der Waals surface area contributed by atoms with Gasteiger partial charge in [0.05, 0.1) is 28.6 Å². The molecule has 0 saturated carbocycles. The molecule has 6 nitrogen and oxygen atoms in total. The van der Waals surface area contributed by atoms with Crippen molar-refractivity contribution in [2.75, 3.05) is 18.0 Å². The van der Waals surface area contributed by atoms with E-state index in [0.717, 1.165) is 13.0 Å². The van der Waals surface area contributed by atoms with E-state index in [2.05, 4.69) is 63.7 Å². The van der Waals surface area contributed by atoms with E-state index < -0.39 is 0 Å². The van der Waals surface area contributed by atoms with Gasteiger partial charge < -0.3 is 10.2 Å². The number of benzene rings is 3. The van der Waals surface area contributed by atoms with E-state index in [0.29, 0.717) is 17.6 Å². The quantitative estimate of drug-likeness (QED) is 0.453. The Bertz CT molecular complexity index is 1310. The topological polar surface area (TPSA) is 67.2 Å². The van der Waals surface area contributed by atoms with Crippen LogP contribution in [0.15, 0.2) is 93.6 Å². The van der Waals surface area contributed by atoms with Crippen LogP contribution < -0.4 is 15.8 Å². The van der Waals surface area contributed by atoms with Crippen LogP contribution in [0.3, 0.4) is 0 Å². The van der Waals surface area contributed by atoms with Gasteiger partial charge in [-0.25, -0.2) is 4.98 Å². The predicted molar refractivity (Wildman–Crippen MR) is 128 cm³/mol. The first-order valence-electron chi connectivity index (χ1n) is 10.6. The lowest BCUT2D eigenvalue weighted by Crippen LogP contribution is -2.34. The molecule has 0 bridgehead atoms. The zero-order valence-corrected chi connectivity index (χ0v) is 18.2. The monoisotopic (exact) mass is 442 g/mol. The molecule has 4 aromatic rings. The molecule has 1 aliphatic rings. The summed E-state index contributed by atoms with van der Waals surface area (Å²) in [5.74, 6) is -0.182. The molecule has 0 radical (unpaired) electrons. The second-order valence-electron chi connectivity index (χ2n) is 7.56. The molecule has 0 saturated heterocycles. The Morgan fingerprint density at radius 3 is 2.31 bits per heavy atom. The highest BCUT2D eigenvalue weighted by molar-refractivity contribution is 7.99. The van der Waals surface area contributed by atoms with Crippen LogP contribution in [0, 0.1) is 0 Å². The summed E-state index contributed by atoms with van der Waals surface area (Å²) in [4.78, 5) is 33.7. The van der Waals surface area contributed by atoms with Crippen LogP contribution >= 0.6 is 11.8 Å². The van der Waals surface area contributed by atoms with Crippen molar-refractivity contribution in [2.24, 2.45) is 0 Å². The van der Waals surface area contributed by atoms with Gasteiger partial charge in [-0.1, -0.05) is 48.2 Å². The Labute approximate surface area is 189 Å². The molecule has 3 aromatic carbocycles. The maximum absolute atomic E-state index is 12.5. The van der Waals surface area contributed by atoms with E-state index in [4.69, 9.17) is 0 Å². The summed E-state index contributed by atoms with van der Waals surface area (Å²) in [6.07, 6.45) is 2.05. The third-order valence-electron chi connectivity index (χ3n) is 5.47. The van der Waals surface area contributed by atoms with Gasteiger partial charge in [0, 0.05) is 22.9 Å². The number of anilines is 2. The lowest BCUT2D eigenvalue weighted by atomic mass is 10.2. The van der Waals surface area contributed by atoms with E-state index in [1.54, 1.807) is 17.8 Å². The Morgan fingerprint density at radius 2 is 1.56 bits per heavy atom. The largest absolute Gasteiger partial charge is 0.354 e. The van der Waals surface area contributed by atoms with Crippen molar-refractivity contribution in [1.82, 2.24) is 14.9 Å². The molecule has 32 heavy (non-hydrogen) atoms. The van der Waals surface area contributed by atoms with Gasteiger partial charge in [-0.15, -0.1) is 0 Å². The summed E-state index contributed by atoms with van der Waals surface area (Å²) in [6, 6.07) is 24.1. The van der Waals surface area contributed by atoms with Gasteiger partial charge in [0.1, 0.15) is 6.54 Å². The molecule has 0 aliphatic carbocycles. The van der Waals surface area contributed by atoms with Crippen molar-refractivity contribution in [3.05, 3.63) is 89.3 Å². The predicted octanol–water partition coefficient (Wildman–Crippen LogP) is 4.21. The van der Waals surface area contributed by atoms with E-state index in [1.165, 1.54) is 31.9 Å². The maximum Gasteiger partial charge on any atom is 0.269 e. The number of rotatable bonds is 6. The Balaban J connectivity index is 1.24. The number of nitrogens with one attached hydrogen (secondary N) is 1. The highest BCUT2D eigenvalue weighted by Crippen LogP contribution is 2.47. The first kappa shape index (κ1) is 20.3. The molecule has 5 rings (SSSR count). The van der Waals surface area contributed by atoms with Crippen LogP contribution in [0.25, 0.3) is 11.0 Å². The first-order chi connectivity index (χ1) is 15.7. The van der Waals surface area contributed by atoms with Crippen molar-refractivity contribution in [1.29, 1.82) is 0 Å². The van der Waals surface area contributed by atoms with E-state index in [9.17, 15) is 9.59 Å². The highest BCUT2D eigenvalue weighted by Gasteiger charge is 2.22. The Hall–Kier alpha value is -3.58. The number of hydrogen-bond donors (Lipinski definition) is 1. The SMILES string of the molecule is O=C(Cn1c(=O)cnc2ccccc21)NCCCN1c2ccccc2Sc2ccccc21. The van der Waals surface area contributed by atoms with Crippen molar-refractivity contribution in [2.45, 2.75) is 22.8 Å².